The lowest BCUT2D eigenvalue weighted by Gasteiger charge is -2.22. The second-order valence-electron chi connectivity index (χ2n) is 6.37. The Labute approximate surface area is 130 Å². The zero-order valence-electron chi connectivity index (χ0n) is 12.8. The van der Waals surface area contributed by atoms with Crippen LogP contribution in [0.15, 0.2) is 0 Å². The summed E-state index contributed by atoms with van der Waals surface area (Å²) in [4.78, 5) is 17.7. The zero-order valence-corrected chi connectivity index (χ0v) is 13.6. The lowest BCUT2D eigenvalue weighted by molar-refractivity contribution is 0.0941. The predicted molar refractivity (Wildman–Crippen MR) is 87.1 cm³/mol. The molecule has 1 heterocycles. The SMILES string of the molecule is Cc1nc(NC2CCCCC2)sc1C(=O)NC1CCCC1. The third kappa shape index (κ3) is 3.76. The molecule has 1 aromatic heterocycles. The Morgan fingerprint density at radius 3 is 2.38 bits per heavy atom. The largest absolute Gasteiger partial charge is 0.359 e. The summed E-state index contributed by atoms with van der Waals surface area (Å²) in [6.45, 7) is 1.94. The molecule has 0 aliphatic heterocycles. The van der Waals surface area contributed by atoms with E-state index in [9.17, 15) is 4.79 Å². The first kappa shape index (κ1) is 14.8. The van der Waals surface area contributed by atoms with Crippen LogP contribution in [0, 0.1) is 6.92 Å². The molecule has 2 saturated carbocycles. The Balaban J connectivity index is 1.61. The minimum atomic E-state index is 0.0635. The van der Waals surface area contributed by atoms with Crippen LogP contribution in [-0.4, -0.2) is 23.0 Å². The smallest absolute Gasteiger partial charge is 0.263 e. The number of aryl methyl sites for hydroxylation is 1. The number of aromatic nitrogens is 1. The lowest BCUT2D eigenvalue weighted by atomic mass is 9.96. The molecule has 4 nitrogen and oxygen atoms in total. The standard InChI is InChI=1S/C16H25N3OS/c1-11-14(15(20)18-12-9-5-6-10-12)21-16(17-11)19-13-7-3-2-4-8-13/h12-13H,2-10H2,1H3,(H,17,19)(H,18,20). The molecule has 3 rings (SSSR count). The Hall–Kier alpha value is -1.10. The highest BCUT2D eigenvalue weighted by molar-refractivity contribution is 7.17. The van der Waals surface area contributed by atoms with Crippen molar-refractivity contribution in [2.45, 2.75) is 76.8 Å². The minimum absolute atomic E-state index is 0.0635. The molecule has 21 heavy (non-hydrogen) atoms. The number of rotatable bonds is 4. The molecular weight excluding hydrogens is 282 g/mol. The molecule has 2 aliphatic rings. The van der Waals surface area contributed by atoms with Gasteiger partial charge < -0.3 is 10.6 Å². The van der Waals surface area contributed by atoms with Crippen molar-refractivity contribution >= 4 is 22.4 Å². The van der Waals surface area contributed by atoms with Gasteiger partial charge in [-0.1, -0.05) is 43.4 Å². The molecule has 0 unspecified atom stereocenters. The number of hydrogen-bond acceptors (Lipinski definition) is 4. The van der Waals surface area contributed by atoms with Gasteiger partial charge >= 0.3 is 0 Å². The first-order valence-corrected chi connectivity index (χ1v) is 9.09. The van der Waals surface area contributed by atoms with Crippen LogP contribution in [0.4, 0.5) is 5.13 Å². The number of hydrogen-bond donors (Lipinski definition) is 2. The molecule has 0 bridgehead atoms. The van der Waals surface area contributed by atoms with Gasteiger partial charge in [-0.2, -0.15) is 0 Å². The van der Waals surface area contributed by atoms with Crippen LogP contribution in [-0.2, 0) is 0 Å². The van der Waals surface area contributed by atoms with E-state index >= 15 is 0 Å². The number of anilines is 1. The number of thiazole rings is 1. The highest BCUT2D eigenvalue weighted by Gasteiger charge is 2.22. The Morgan fingerprint density at radius 2 is 1.67 bits per heavy atom. The summed E-state index contributed by atoms with van der Waals surface area (Å²) >= 11 is 1.51. The van der Waals surface area contributed by atoms with Gasteiger partial charge in [0.25, 0.3) is 5.91 Å². The average molecular weight is 307 g/mol. The van der Waals surface area contributed by atoms with Crippen LogP contribution < -0.4 is 10.6 Å². The zero-order chi connectivity index (χ0) is 14.7. The Kier molecular flexibility index (Phi) is 4.78. The first-order valence-electron chi connectivity index (χ1n) is 8.27. The lowest BCUT2D eigenvalue weighted by Crippen LogP contribution is -2.32. The molecule has 1 amide bonds. The molecule has 2 N–H and O–H groups in total. The molecule has 2 fully saturated rings. The summed E-state index contributed by atoms with van der Waals surface area (Å²) in [5.41, 5.74) is 0.855. The number of nitrogens with one attached hydrogen (secondary N) is 2. The fourth-order valence-electron chi connectivity index (χ4n) is 3.41. The maximum absolute atomic E-state index is 12.4. The van der Waals surface area contributed by atoms with Crippen LogP contribution in [0.25, 0.3) is 0 Å². The van der Waals surface area contributed by atoms with E-state index in [0.29, 0.717) is 12.1 Å². The average Bonchev–Trinajstić information content (AvgIpc) is 3.10. The monoisotopic (exact) mass is 307 g/mol. The number of amides is 1. The molecular formula is C16H25N3OS. The van der Waals surface area contributed by atoms with E-state index in [2.05, 4.69) is 15.6 Å². The van der Waals surface area contributed by atoms with Crippen LogP contribution in [0.2, 0.25) is 0 Å². The molecule has 0 saturated heterocycles. The van der Waals surface area contributed by atoms with Gasteiger partial charge in [-0.05, 0) is 32.6 Å². The van der Waals surface area contributed by atoms with Gasteiger partial charge in [0, 0.05) is 12.1 Å². The molecule has 5 heteroatoms. The van der Waals surface area contributed by atoms with Crippen LogP contribution in [0.1, 0.15) is 73.2 Å². The summed E-state index contributed by atoms with van der Waals surface area (Å²) in [7, 11) is 0. The van der Waals surface area contributed by atoms with Crippen molar-refractivity contribution in [2.24, 2.45) is 0 Å². The van der Waals surface area contributed by atoms with Crippen LogP contribution in [0.3, 0.4) is 0 Å². The molecule has 0 aromatic carbocycles. The summed E-state index contributed by atoms with van der Waals surface area (Å²) < 4.78 is 0. The van der Waals surface area contributed by atoms with Crippen molar-refractivity contribution in [3.05, 3.63) is 10.6 Å². The maximum atomic E-state index is 12.4. The van der Waals surface area contributed by atoms with Crippen molar-refractivity contribution in [1.29, 1.82) is 0 Å². The van der Waals surface area contributed by atoms with Gasteiger partial charge in [0.15, 0.2) is 5.13 Å². The number of carbonyl (C=O) groups is 1. The summed E-state index contributed by atoms with van der Waals surface area (Å²) in [5, 5.41) is 7.59. The Morgan fingerprint density at radius 1 is 1.05 bits per heavy atom. The fourth-order valence-corrected chi connectivity index (χ4v) is 4.36. The molecule has 1 aromatic rings. The van der Waals surface area contributed by atoms with E-state index in [0.717, 1.165) is 28.5 Å². The third-order valence-corrected chi connectivity index (χ3v) is 5.71. The van der Waals surface area contributed by atoms with E-state index in [1.165, 1.54) is 56.3 Å². The number of nitrogens with zero attached hydrogens (tertiary/aromatic N) is 1. The fraction of sp³-hybridized carbons (Fsp3) is 0.750. The molecule has 2 aliphatic carbocycles. The molecule has 0 atom stereocenters. The number of carbonyl (C=O) groups excluding carboxylic acids is 1. The van der Waals surface area contributed by atoms with E-state index in [1.54, 1.807) is 0 Å². The second kappa shape index (κ2) is 6.77. The van der Waals surface area contributed by atoms with E-state index in [1.807, 2.05) is 6.92 Å². The van der Waals surface area contributed by atoms with Gasteiger partial charge in [-0.3, -0.25) is 4.79 Å². The maximum Gasteiger partial charge on any atom is 0.263 e. The van der Waals surface area contributed by atoms with Gasteiger partial charge in [0.2, 0.25) is 0 Å². The molecule has 0 radical (unpaired) electrons. The van der Waals surface area contributed by atoms with Crippen molar-refractivity contribution in [3.8, 4) is 0 Å². The third-order valence-electron chi connectivity index (χ3n) is 4.63. The Bertz CT molecular complexity index is 488. The summed E-state index contributed by atoms with van der Waals surface area (Å²) in [6, 6.07) is 0.906. The van der Waals surface area contributed by atoms with Gasteiger partial charge in [-0.15, -0.1) is 0 Å². The highest BCUT2D eigenvalue weighted by atomic mass is 32.1. The molecule has 0 spiro atoms. The van der Waals surface area contributed by atoms with Crippen molar-refractivity contribution in [1.82, 2.24) is 10.3 Å². The van der Waals surface area contributed by atoms with Crippen LogP contribution in [0.5, 0.6) is 0 Å². The highest BCUT2D eigenvalue weighted by Crippen LogP contribution is 2.27. The summed E-state index contributed by atoms with van der Waals surface area (Å²) in [6.07, 6.45) is 11.1. The molecule has 116 valence electrons. The predicted octanol–water partition coefficient (Wildman–Crippen LogP) is 3.87. The van der Waals surface area contributed by atoms with E-state index < -0.39 is 0 Å². The normalized spacial score (nSPS) is 20.6. The van der Waals surface area contributed by atoms with Gasteiger partial charge in [-0.25, -0.2) is 4.98 Å². The van der Waals surface area contributed by atoms with E-state index in [-0.39, 0.29) is 5.91 Å². The quantitative estimate of drug-likeness (QED) is 0.888. The van der Waals surface area contributed by atoms with Crippen molar-refractivity contribution in [2.75, 3.05) is 5.32 Å². The van der Waals surface area contributed by atoms with Gasteiger partial charge in [0.05, 0.1) is 5.69 Å². The van der Waals surface area contributed by atoms with Crippen molar-refractivity contribution in [3.63, 3.8) is 0 Å². The van der Waals surface area contributed by atoms with Gasteiger partial charge in [0.1, 0.15) is 4.88 Å². The second-order valence-corrected chi connectivity index (χ2v) is 7.37. The summed E-state index contributed by atoms with van der Waals surface area (Å²) in [5.74, 6) is 0.0635. The topological polar surface area (TPSA) is 54.0 Å². The van der Waals surface area contributed by atoms with E-state index in [4.69, 9.17) is 0 Å². The van der Waals surface area contributed by atoms with Crippen LogP contribution >= 0.6 is 11.3 Å². The minimum Gasteiger partial charge on any atom is -0.359 e. The first-order chi connectivity index (χ1) is 10.2. The van der Waals surface area contributed by atoms with Crippen molar-refractivity contribution < 1.29 is 4.79 Å².